The number of carbonyl (C=O) groups excluding carboxylic acids is 2. The number of rotatable bonds is 10. The number of aliphatic hydroxyl groups is 3. The van der Waals surface area contributed by atoms with Gasteiger partial charge in [-0.05, 0) is 37.0 Å². The highest BCUT2D eigenvalue weighted by atomic mass is 16.4. The third kappa shape index (κ3) is 4.95. The van der Waals surface area contributed by atoms with Crippen molar-refractivity contribution in [1.82, 2.24) is 0 Å². The van der Waals surface area contributed by atoms with Crippen LogP contribution in [0, 0.1) is 23.7 Å². The Morgan fingerprint density at radius 3 is 2.00 bits per heavy atom. The molecule has 5 heteroatoms. The van der Waals surface area contributed by atoms with Crippen molar-refractivity contribution in [2.24, 2.45) is 23.7 Å². The van der Waals surface area contributed by atoms with E-state index in [0.29, 0.717) is 31.1 Å². The lowest BCUT2D eigenvalue weighted by Crippen LogP contribution is -2.49. The first kappa shape index (κ1) is 22.8. The van der Waals surface area contributed by atoms with Gasteiger partial charge in [-0.15, -0.1) is 0 Å². The predicted molar refractivity (Wildman–Crippen MR) is 102 cm³/mol. The van der Waals surface area contributed by atoms with Crippen molar-refractivity contribution in [3.63, 3.8) is 0 Å². The van der Waals surface area contributed by atoms with Crippen molar-refractivity contribution in [3.05, 3.63) is 11.3 Å². The molecule has 0 fully saturated rings. The van der Waals surface area contributed by atoms with Crippen LogP contribution in [0.25, 0.3) is 0 Å². The quantitative estimate of drug-likeness (QED) is 0.512. The lowest BCUT2D eigenvalue weighted by Gasteiger charge is -2.34. The number of carbonyl (C=O) groups is 2. The first-order chi connectivity index (χ1) is 11.9. The van der Waals surface area contributed by atoms with E-state index >= 15 is 0 Å². The Morgan fingerprint density at radius 2 is 1.54 bits per heavy atom. The van der Waals surface area contributed by atoms with E-state index in [2.05, 4.69) is 0 Å². The first-order valence-corrected chi connectivity index (χ1v) is 9.84. The molecule has 0 aromatic rings. The van der Waals surface area contributed by atoms with Crippen molar-refractivity contribution in [2.75, 3.05) is 0 Å². The van der Waals surface area contributed by atoms with Crippen molar-refractivity contribution < 1.29 is 24.9 Å². The average molecular weight is 369 g/mol. The number of hydrogen-bond acceptors (Lipinski definition) is 5. The van der Waals surface area contributed by atoms with E-state index in [9.17, 15) is 24.9 Å². The summed E-state index contributed by atoms with van der Waals surface area (Å²) in [5.41, 5.74) is -2.37. The van der Waals surface area contributed by atoms with Crippen molar-refractivity contribution in [1.29, 1.82) is 0 Å². The van der Waals surface area contributed by atoms with Gasteiger partial charge < -0.3 is 15.3 Å². The Kier molecular flexibility index (Phi) is 8.03. The molecule has 150 valence electrons. The molecule has 1 rings (SSSR count). The predicted octanol–water partition coefficient (Wildman–Crippen LogP) is 3.58. The van der Waals surface area contributed by atoms with Gasteiger partial charge in [0, 0.05) is 6.42 Å². The highest BCUT2D eigenvalue weighted by Crippen LogP contribution is 2.44. The van der Waals surface area contributed by atoms with Gasteiger partial charge in [0.05, 0.1) is 12.0 Å². The van der Waals surface area contributed by atoms with Crippen LogP contribution in [0.2, 0.25) is 0 Å². The van der Waals surface area contributed by atoms with Gasteiger partial charge in [0.2, 0.25) is 0 Å². The van der Waals surface area contributed by atoms with Crippen LogP contribution in [0.4, 0.5) is 0 Å². The van der Waals surface area contributed by atoms with Gasteiger partial charge in [-0.25, -0.2) is 0 Å². The minimum Gasteiger partial charge on any atom is -0.508 e. The van der Waals surface area contributed by atoms with Crippen LogP contribution in [-0.2, 0) is 9.59 Å². The van der Waals surface area contributed by atoms with E-state index in [1.165, 1.54) is 0 Å². The third-order valence-electron chi connectivity index (χ3n) is 5.14. The van der Waals surface area contributed by atoms with Crippen molar-refractivity contribution in [3.8, 4) is 0 Å². The maximum absolute atomic E-state index is 12.9. The molecule has 0 aliphatic heterocycles. The molecule has 1 aliphatic rings. The summed E-state index contributed by atoms with van der Waals surface area (Å²) < 4.78 is 0. The van der Waals surface area contributed by atoms with Crippen LogP contribution in [-0.4, -0.2) is 38.6 Å². The van der Waals surface area contributed by atoms with Crippen LogP contribution in [0.1, 0.15) is 73.6 Å². The molecule has 5 nitrogen and oxygen atoms in total. The zero-order valence-corrected chi connectivity index (χ0v) is 17.1. The minimum atomic E-state index is -2.07. The molecule has 0 amide bonds. The number of allylic oxidation sites excluding steroid dienone is 1. The summed E-state index contributed by atoms with van der Waals surface area (Å²) in [4.78, 5) is 25.4. The van der Waals surface area contributed by atoms with Crippen molar-refractivity contribution in [2.45, 2.75) is 85.4 Å². The van der Waals surface area contributed by atoms with Gasteiger partial charge >= 0.3 is 0 Å². The molecule has 0 aromatic carbocycles. The molecule has 0 saturated heterocycles. The zero-order chi connectivity index (χ0) is 20.2. The van der Waals surface area contributed by atoms with Gasteiger partial charge in [-0.1, -0.05) is 48.0 Å². The first-order valence-electron chi connectivity index (χ1n) is 9.84. The lowest BCUT2D eigenvalue weighted by molar-refractivity contribution is -0.137. The van der Waals surface area contributed by atoms with Gasteiger partial charge in [0.25, 0.3) is 0 Å². The molecule has 1 aliphatic carbocycles. The topological polar surface area (TPSA) is 94.8 Å². The second-order valence-corrected chi connectivity index (χ2v) is 8.95. The van der Waals surface area contributed by atoms with E-state index < -0.39 is 34.9 Å². The highest BCUT2D eigenvalue weighted by Gasteiger charge is 2.58. The number of hydrogen-bond donors (Lipinski definition) is 3. The summed E-state index contributed by atoms with van der Waals surface area (Å²) in [5, 5.41) is 32.5. The maximum atomic E-state index is 12.9. The fourth-order valence-electron chi connectivity index (χ4n) is 3.55. The van der Waals surface area contributed by atoms with Crippen molar-refractivity contribution >= 4 is 11.6 Å². The Hall–Kier alpha value is -1.20. The Labute approximate surface area is 157 Å². The standard InChI is InChI=1S/C21H36O5/c1-12(2)7-9-15-19(24)18(16(22)11-14(5)6)20(25)21(15,26)17(23)10-8-13(3)4/h12-15,17,23,25-26H,7-11H2,1-6H3/t15-,17-,21?/m1/s1. The molecule has 0 aromatic heterocycles. The number of Topliss-reactive ketones (excluding diaryl/α,β-unsaturated/α-hetero) is 2. The summed E-state index contributed by atoms with van der Waals surface area (Å²) in [6.07, 6.45) is 0.741. The SMILES string of the molecule is CC(C)CC[C@@H](O)C1(O)C(O)=C(C(=O)CC(C)C)C(=O)[C@H]1CCC(C)C. The molecule has 0 radical (unpaired) electrons. The number of aliphatic hydroxyl groups excluding tert-OH is 2. The van der Waals surface area contributed by atoms with Gasteiger partial charge in [-0.3, -0.25) is 9.59 Å². The van der Waals surface area contributed by atoms with Gasteiger partial charge in [0.1, 0.15) is 11.3 Å². The molecule has 0 spiro atoms. The highest BCUT2D eigenvalue weighted by molar-refractivity contribution is 6.23. The Bertz CT molecular complexity index is 547. The third-order valence-corrected chi connectivity index (χ3v) is 5.14. The van der Waals surface area contributed by atoms with Gasteiger partial charge in [-0.2, -0.15) is 0 Å². The summed E-state index contributed by atoms with van der Waals surface area (Å²) in [5.74, 6) is -1.94. The summed E-state index contributed by atoms with van der Waals surface area (Å²) in [6, 6.07) is 0. The van der Waals surface area contributed by atoms with Crippen LogP contribution >= 0.6 is 0 Å². The Morgan fingerprint density at radius 1 is 1.00 bits per heavy atom. The van der Waals surface area contributed by atoms with E-state index in [1.807, 2.05) is 41.5 Å². The van der Waals surface area contributed by atoms with E-state index in [0.717, 1.165) is 0 Å². The average Bonchev–Trinajstić information content (AvgIpc) is 2.69. The molecule has 0 bridgehead atoms. The molecular weight excluding hydrogens is 332 g/mol. The van der Waals surface area contributed by atoms with Crippen LogP contribution < -0.4 is 0 Å². The molecule has 26 heavy (non-hydrogen) atoms. The molecule has 0 heterocycles. The van der Waals surface area contributed by atoms with E-state index in [1.54, 1.807) is 0 Å². The van der Waals surface area contributed by atoms with Crippen LogP contribution in [0.3, 0.4) is 0 Å². The Balaban J connectivity index is 3.24. The fourth-order valence-corrected chi connectivity index (χ4v) is 3.55. The smallest absolute Gasteiger partial charge is 0.176 e. The molecule has 1 unspecified atom stereocenters. The summed E-state index contributed by atoms with van der Waals surface area (Å²) in [6.45, 7) is 11.7. The molecule has 3 N–H and O–H groups in total. The van der Waals surface area contributed by atoms with Gasteiger partial charge in [0.15, 0.2) is 17.2 Å². The molecule has 0 saturated carbocycles. The van der Waals surface area contributed by atoms with E-state index in [-0.39, 0.29) is 24.3 Å². The zero-order valence-electron chi connectivity index (χ0n) is 17.1. The minimum absolute atomic E-state index is 0.0317. The largest absolute Gasteiger partial charge is 0.508 e. The second kappa shape index (κ2) is 9.14. The second-order valence-electron chi connectivity index (χ2n) is 8.95. The monoisotopic (exact) mass is 368 g/mol. The summed E-state index contributed by atoms with van der Waals surface area (Å²) >= 11 is 0. The maximum Gasteiger partial charge on any atom is 0.176 e. The summed E-state index contributed by atoms with van der Waals surface area (Å²) in [7, 11) is 0. The van der Waals surface area contributed by atoms with E-state index in [4.69, 9.17) is 0 Å². The molecule has 3 atom stereocenters. The molecular formula is C21H36O5. The number of ketones is 2. The van der Waals surface area contributed by atoms with Crippen LogP contribution in [0.5, 0.6) is 0 Å². The lowest BCUT2D eigenvalue weighted by atomic mass is 9.78. The normalized spacial score (nSPS) is 25.0. The fraction of sp³-hybridized carbons (Fsp3) is 0.810. The van der Waals surface area contributed by atoms with Crippen LogP contribution in [0.15, 0.2) is 11.3 Å².